The summed E-state index contributed by atoms with van der Waals surface area (Å²) in [6.45, 7) is 5.37. The number of hydrogen-bond donors (Lipinski definition) is 2. The van der Waals surface area contributed by atoms with Crippen LogP contribution < -0.4 is 0 Å². The minimum Gasteiger partial charge on any atom is -0.481 e. The molecule has 0 unspecified atom stereocenters. The first kappa shape index (κ1) is 16.4. The summed E-state index contributed by atoms with van der Waals surface area (Å²) < 4.78 is 5.24. The molecule has 1 amide bonds. The Labute approximate surface area is 128 Å². The smallest absolute Gasteiger partial charge is 0.410 e. The number of amides is 1. The van der Waals surface area contributed by atoms with Crippen LogP contribution >= 0.6 is 11.8 Å². The van der Waals surface area contributed by atoms with Crippen molar-refractivity contribution in [1.29, 1.82) is 0 Å². The Morgan fingerprint density at radius 3 is 2.14 bits per heavy atom. The summed E-state index contributed by atoms with van der Waals surface area (Å²) in [7, 11) is 0. The molecule has 120 valence electrons. The van der Waals surface area contributed by atoms with Crippen molar-refractivity contribution in [2.45, 2.75) is 44.8 Å². The van der Waals surface area contributed by atoms with Crippen LogP contribution in [0.2, 0.25) is 0 Å². The second-order valence-corrected chi connectivity index (χ2v) is 8.09. The summed E-state index contributed by atoms with van der Waals surface area (Å²) in [5.41, 5.74) is -3.09. The van der Waals surface area contributed by atoms with E-state index in [9.17, 15) is 19.8 Å². The van der Waals surface area contributed by atoms with Crippen LogP contribution in [-0.2, 0) is 9.53 Å². The van der Waals surface area contributed by atoms with Gasteiger partial charge in [0.2, 0.25) is 0 Å². The van der Waals surface area contributed by atoms with Crippen molar-refractivity contribution in [3.63, 3.8) is 0 Å². The lowest BCUT2D eigenvalue weighted by atomic mass is 9.64. The minimum absolute atomic E-state index is 0.0267. The molecule has 0 aromatic heterocycles. The van der Waals surface area contributed by atoms with E-state index in [2.05, 4.69) is 0 Å². The highest BCUT2D eigenvalue weighted by Gasteiger charge is 2.63. The van der Waals surface area contributed by atoms with Gasteiger partial charge in [-0.15, -0.1) is 0 Å². The van der Waals surface area contributed by atoms with Gasteiger partial charge in [0.05, 0.1) is 13.1 Å². The fraction of sp³-hybridized carbons (Fsp3) is 0.857. The molecule has 2 saturated heterocycles. The first-order chi connectivity index (χ1) is 9.60. The van der Waals surface area contributed by atoms with Gasteiger partial charge in [-0.3, -0.25) is 4.79 Å². The highest BCUT2D eigenvalue weighted by Crippen LogP contribution is 2.48. The molecule has 0 atom stereocenters. The topological polar surface area (TPSA) is 87.1 Å². The number of aliphatic carboxylic acids is 1. The summed E-state index contributed by atoms with van der Waals surface area (Å²) in [4.78, 5) is 25.0. The summed E-state index contributed by atoms with van der Waals surface area (Å²) in [6, 6.07) is 0. The third-order valence-corrected chi connectivity index (χ3v) is 5.19. The second-order valence-electron chi connectivity index (χ2n) is 6.87. The minimum atomic E-state index is -1.35. The molecule has 2 heterocycles. The van der Waals surface area contributed by atoms with Gasteiger partial charge in [-0.2, -0.15) is 11.8 Å². The van der Waals surface area contributed by atoms with E-state index in [4.69, 9.17) is 4.74 Å². The molecule has 2 rings (SSSR count). The van der Waals surface area contributed by atoms with Crippen LogP contribution in [0.4, 0.5) is 4.79 Å². The van der Waals surface area contributed by atoms with Crippen molar-refractivity contribution in [2.75, 3.05) is 24.6 Å². The molecule has 0 radical (unpaired) electrons. The van der Waals surface area contributed by atoms with E-state index >= 15 is 0 Å². The number of ether oxygens (including phenoxy) is 1. The molecule has 21 heavy (non-hydrogen) atoms. The van der Waals surface area contributed by atoms with Gasteiger partial charge in [0.1, 0.15) is 16.6 Å². The number of likely N-dealkylation sites (tertiary alicyclic amines) is 1. The molecule has 0 bridgehead atoms. The van der Waals surface area contributed by atoms with Crippen LogP contribution in [0.25, 0.3) is 0 Å². The molecule has 2 fully saturated rings. The van der Waals surface area contributed by atoms with Gasteiger partial charge in [-0.1, -0.05) is 0 Å². The Morgan fingerprint density at radius 1 is 1.19 bits per heavy atom. The summed E-state index contributed by atoms with van der Waals surface area (Å²) in [6.07, 6.45) is 0.370. The van der Waals surface area contributed by atoms with Crippen LogP contribution in [0.15, 0.2) is 0 Å². The third-order valence-electron chi connectivity index (χ3n) is 4.20. The monoisotopic (exact) mass is 317 g/mol. The molecule has 0 spiro atoms. The number of hydrogen-bond acceptors (Lipinski definition) is 5. The Bertz CT molecular complexity index is 433. The largest absolute Gasteiger partial charge is 0.481 e. The Morgan fingerprint density at radius 2 is 1.71 bits per heavy atom. The van der Waals surface area contributed by atoms with Crippen molar-refractivity contribution in [2.24, 2.45) is 5.41 Å². The number of carboxylic acids is 1. The third kappa shape index (κ3) is 2.99. The number of carbonyl (C=O) groups excluding carboxylic acids is 1. The van der Waals surface area contributed by atoms with Gasteiger partial charge < -0.3 is 19.8 Å². The van der Waals surface area contributed by atoms with Gasteiger partial charge in [-0.05, 0) is 45.1 Å². The molecule has 0 saturated carbocycles. The zero-order valence-electron chi connectivity index (χ0n) is 12.7. The van der Waals surface area contributed by atoms with Gasteiger partial charge in [0.25, 0.3) is 0 Å². The first-order valence-electron chi connectivity index (χ1n) is 7.11. The van der Waals surface area contributed by atoms with E-state index in [-0.39, 0.29) is 13.1 Å². The molecule has 2 aliphatic rings. The van der Waals surface area contributed by atoms with Crippen molar-refractivity contribution in [1.82, 2.24) is 4.90 Å². The highest BCUT2D eigenvalue weighted by atomic mass is 32.2. The Kier molecular flexibility index (Phi) is 4.19. The number of β-amino-alcohol motifs (C(OH)–C–C–N with tert-alkyl or cyclic N) is 1. The van der Waals surface area contributed by atoms with Crippen LogP contribution in [0.1, 0.15) is 33.6 Å². The molecule has 0 aromatic rings. The normalized spacial score (nSPS) is 24.1. The standard InChI is InChI=1S/C14H23NO5S/c1-12(2,3)20-11(18)15-8-14(19,9-15)13(10(16)17)4-6-21-7-5-13/h19H,4-9H2,1-3H3,(H,16,17). The van der Waals surface area contributed by atoms with E-state index in [1.54, 1.807) is 32.5 Å². The van der Waals surface area contributed by atoms with E-state index in [1.165, 1.54) is 4.90 Å². The van der Waals surface area contributed by atoms with E-state index < -0.39 is 28.7 Å². The zero-order valence-corrected chi connectivity index (χ0v) is 13.5. The second kappa shape index (κ2) is 5.35. The average Bonchev–Trinajstić information content (AvgIpc) is 2.33. The van der Waals surface area contributed by atoms with E-state index in [0.29, 0.717) is 12.8 Å². The van der Waals surface area contributed by atoms with E-state index in [1.807, 2.05) is 0 Å². The lowest BCUT2D eigenvalue weighted by Gasteiger charge is -2.55. The van der Waals surface area contributed by atoms with Gasteiger partial charge in [0.15, 0.2) is 0 Å². The lowest BCUT2D eigenvalue weighted by Crippen LogP contribution is -2.73. The van der Waals surface area contributed by atoms with Crippen LogP contribution in [-0.4, -0.2) is 63.0 Å². The van der Waals surface area contributed by atoms with Crippen LogP contribution in [0, 0.1) is 5.41 Å². The molecule has 0 aliphatic carbocycles. The van der Waals surface area contributed by atoms with Gasteiger partial charge in [-0.25, -0.2) is 4.79 Å². The molecule has 2 N–H and O–H groups in total. The van der Waals surface area contributed by atoms with Gasteiger partial charge >= 0.3 is 12.1 Å². The summed E-state index contributed by atoms with van der Waals surface area (Å²) in [5, 5.41) is 20.3. The number of carboxylic acid groups (broad SMARTS) is 1. The molecule has 6 nitrogen and oxygen atoms in total. The van der Waals surface area contributed by atoms with Crippen LogP contribution in [0.3, 0.4) is 0 Å². The maximum atomic E-state index is 11.9. The Balaban J connectivity index is 2.05. The Hall–Kier alpha value is -0.950. The van der Waals surface area contributed by atoms with Crippen molar-refractivity contribution >= 4 is 23.8 Å². The van der Waals surface area contributed by atoms with Crippen molar-refractivity contribution in [3.8, 4) is 0 Å². The summed E-state index contributed by atoms with van der Waals surface area (Å²) in [5.74, 6) is 0.483. The fourth-order valence-corrected chi connectivity index (χ4v) is 4.13. The number of carbonyl (C=O) groups is 2. The molecular weight excluding hydrogens is 294 g/mol. The van der Waals surface area contributed by atoms with Crippen molar-refractivity contribution in [3.05, 3.63) is 0 Å². The maximum absolute atomic E-state index is 11.9. The highest BCUT2D eigenvalue weighted by molar-refractivity contribution is 7.99. The SMILES string of the molecule is CC(C)(C)OC(=O)N1CC(O)(C2(C(=O)O)CCSCC2)C1. The zero-order chi connectivity index (χ0) is 15.9. The quantitative estimate of drug-likeness (QED) is 0.804. The number of nitrogens with zero attached hydrogens (tertiary/aromatic N) is 1. The number of thioether (sulfide) groups is 1. The predicted molar refractivity (Wildman–Crippen MR) is 79.4 cm³/mol. The fourth-order valence-electron chi connectivity index (χ4n) is 2.94. The predicted octanol–water partition coefficient (Wildman–Crippen LogP) is 1.57. The number of rotatable bonds is 2. The van der Waals surface area contributed by atoms with Gasteiger partial charge in [0, 0.05) is 0 Å². The average molecular weight is 317 g/mol. The summed E-state index contributed by atoms with van der Waals surface area (Å²) >= 11 is 1.70. The number of aliphatic hydroxyl groups is 1. The van der Waals surface area contributed by atoms with Crippen LogP contribution in [0.5, 0.6) is 0 Å². The molecular formula is C14H23NO5S. The molecule has 2 aliphatic heterocycles. The maximum Gasteiger partial charge on any atom is 0.410 e. The lowest BCUT2D eigenvalue weighted by molar-refractivity contribution is -0.199. The van der Waals surface area contributed by atoms with E-state index in [0.717, 1.165) is 11.5 Å². The van der Waals surface area contributed by atoms with Crippen molar-refractivity contribution < 1.29 is 24.5 Å². The molecule has 7 heteroatoms. The first-order valence-corrected chi connectivity index (χ1v) is 8.27. The molecule has 0 aromatic carbocycles.